The summed E-state index contributed by atoms with van der Waals surface area (Å²) in [6, 6.07) is 0. The lowest BCUT2D eigenvalue weighted by Crippen LogP contribution is -2.63. The zero-order chi connectivity index (χ0) is 17.0. The van der Waals surface area contributed by atoms with Crippen LogP contribution in [-0.4, -0.2) is 52.3 Å². The van der Waals surface area contributed by atoms with E-state index in [2.05, 4.69) is 18.4 Å². The summed E-state index contributed by atoms with van der Waals surface area (Å²) in [7, 11) is -2.96. The Kier molecular flexibility index (Phi) is 11.8. The molecule has 0 spiro atoms. The van der Waals surface area contributed by atoms with Gasteiger partial charge in [0.2, 0.25) is 5.91 Å². The molecule has 0 saturated heterocycles. The zero-order valence-corrected chi connectivity index (χ0v) is 15.9. The van der Waals surface area contributed by atoms with Crippen LogP contribution in [0.25, 0.3) is 0 Å². The van der Waals surface area contributed by atoms with Crippen LogP contribution in [0.2, 0.25) is 0 Å². The highest BCUT2D eigenvalue weighted by atomic mass is 28.4. The van der Waals surface area contributed by atoms with E-state index < -0.39 is 8.97 Å². The number of rotatable bonds is 14. The molecule has 0 bridgehead atoms. The molecule has 0 heterocycles. The van der Waals surface area contributed by atoms with Crippen LogP contribution in [0.1, 0.15) is 53.9 Å². The number of primary amides is 1. The average Bonchev–Trinajstić information content (AvgIpc) is 2.46. The third-order valence-corrected chi connectivity index (χ3v) is 6.48. The second-order valence-electron chi connectivity index (χ2n) is 5.16. The fourth-order valence-corrected chi connectivity index (χ4v) is 5.33. The van der Waals surface area contributed by atoms with Crippen molar-refractivity contribution in [3.63, 3.8) is 0 Å². The first kappa shape index (κ1) is 21.5. The molecule has 0 rings (SSSR count). The molecule has 2 N–H and O–H groups in total. The molecule has 22 heavy (non-hydrogen) atoms. The van der Waals surface area contributed by atoms with Crippen LogP contribution in [0.3, 0.4) is 0 Å². The fourth-order valence-electron chi connectivity index (χ4n) is 2.49. The van der Waals surface area contributed by atoms with Gasteiger partial charge in [-0.3, -0.25) is 9.36 Å². The first-order valence-electron chi connectivity index (χ1n) is 8.47. The van der Waals surface area contributed by atoms with Gasteiger partial charge in [0, 0.05) is 32.3 Å². The highest BCUT2D eigenvalue weighted by molar-refractivity contribution is 6.57. The molecule has 0 fully saturated rings. The minimum atomic E-state index is -2.96. The summed E-state index contributed by atoms with van der Waals surface area (Å²) in [5, 5.41) is 0. The molecule has 0 aliphatic carbocycles. The summed E-state index contributed by atoms with van der Waals surface area (Å²) < 4.78 is 19.9. The minimum absolute atomic E-state index is 0.204. The Balaban J connectivity index is 5.34. The summed E-state index contributed by atoms with van der Waals surface area (Å²) in [6.45, 7) is 12.8. The summed E-state index contributed by atoms with van der Waals surface area (Å²) >= 11 is 0. The number of nitrogens with two attached hydrogens (primary N) is 1. The monoisotopic (exact) mass is 334 g/mol. The molecule has 132 valence electrons. The van der Waals surface area contributed by atoms with E-state index in [1.165, 1.54) is 0 Å². The predicted molar refractivity (Wildman–Crippen MR) is 90.1 cm³/mol. The van der Waals surface area contributed by atoms with Gasteiger partial charge in [0.15, 0.2) is 0 Å². The third-order valence-electron chi connectivity index (χ3n) is 3.34. The molecule has 7 heteroatoms. The second-order valence-corrected chi connectivity index (χ2v) is 7.70. The molecule has 0 aliphatic rings. The van der Waals surface area contributed by atoms with E-state index in [1.807, 2.05) is 20.8 Å². The van der Waals surface area contributed by atoms with Crippen LogP contribution in [0, 0.1) is 5.92 Å². The van der Waals surface area contributed by atoms with E-state index in [0.717, 1.165) is 25.8 Å². The Morgan fingerprint density at radius 1 is 1.00 bits per heavy atom. The third kappa shape index (κ3) is 6.74. The van der Waals surface area contributed by atoms with Crippen molar-refractivity contribution in [3.8, 4) is 0 Å². The lowest BCUT2D eigenvalue weighted by Gasteiger charge is -2.38. The maximum absolute atomic E-state index is 11.7. The van der Waals surface area contributed by atoms with Crippen LogP contribution < -0.4 is 5.73 Å². The quantitative estimate of drug-likeness (QED) is 0.493. The van der Waals surface area contributed by atoms with E-state index in [9.17, 15) is 4.79 Å². The van der Waals surface area contributed by atoms with Gasteiger partial charge in [-0.25, -0.2) is 0 Å². The van der Waals surface area contributed by atoms with Crippen molar-refractivity contribution in [2.45, 2.75) is 53.9 Å². The molecule has 1 amide bonds. The lowest BCUT2D eigenvalue weighted by atomic mass is 10.0. The van der Waals surface area contributed by atoms with E-state index in [0.29, 0.717) is 26.4 Å². The first-order valence-corrected chi connectivity index (χ1v) is 10.1. The van der Waals surface area contributed by atoms with Crippen LogP contribution in [0.15, 0.2) is 0 Å². The lowest BCUT2D eigenvalue weighted by molar-refractivity contribution is -0.122. The van der Waals surface area contributed by atoms with Crippen molar-refractivity contribution >= 4 is 14.9 Å². The van der Waals surface area contributed by atoms with E-state index >= 15 is 0 Å². The number of nitrogens with zero attached hydrogens (tertiary/aromatic N) is 1. The van der Waals surface area contributed by atoms with Gasteiger partial charge in [0.25, 0.3) is 0 Å². The Morgan fingerprint density at radius 2 is 1.50 bits per heavy atom. The Labute approximate surface area is 136 Å². The van der Waals surface area contributed by atoms with Gasteiger partial charge in [-0.15, -0.1) is 0 Å². The van der Waals surface area contributed by atoms with E-state index in [4.69, 9.17) is 19.0 Å². The van der Waals surface area contributed by atoms with Crippen molar-refractivity contribution in [2.24, 2.45) is 11.7 Å². The van der Waals surface area contributed by atoms with E-state index in [-0.39, 0.29) is 11.8 Å². The normalized spacial score (nSPS) is 13.5. The fraction of sp³-hybridized carbons (Fsp3) is 0.933. The minimum Gasteiger partial charge on any atom is -0.369 e. The zero-order valence-electron chi connectivity index (χ0n) is 14.9. The predicted octanol–water partition coefficient (Wildman–Crippen LogP) is 2.15. The van der Waals surface area contributed by atoms with Gasteiger partial charge in [-0.1, -0.05) is 20.3 Å². The molecule has 0 aromatic heterocycles. The molecule has 1 unspecified atom stereocenters. The van der Waals surface area contributed by atoms with Gasteiger partial charge in [0.1, 0.15) is 0 Å². The second kappa shape index (κ2) is 12.0. The van der Waals surface area contributed by atoms with Crippen molar-refractivity contribution in [2.75, 3.05) is 32.9 Å². The van der Waals surface area contributed by atoms with Crippen molar-refractivity contribution in [1.29, 1.82) is 0 Å². The number of amides is 1. The Morgan fingerprint density at radius 3 is 1.82 bits per heavy atom. The van der Waals surface area contributed by atoms with Gasteiger partial charge in [-0.2, -0.15) is 0 Å². The van der Waals surface area contributed by atoms with Gasteiger partial charge < -0.3 is 19.0 Å². The maximum Gasteiger partial charge on any atom is 0.599 e. The number of carbonyl (C=O) groups is 1. The first-order chi connectivity index (χ1) is 10.5. The smallest absolute Gasteiger partial charge is 0.369 e. The number of hydrogen-bond acceptors (Lipinski definition) is 5. The van der Waals surface area contributed by atoms with Crippen molar-refractivity contribution in [3.05, 3.63) is 0 Å². The molecular weight excluding hydrogens is 300 g/mol. The van der Waals surface area contributed by atoms with Crippen LogP contribution in [0.5, 0.6) is 0 Å². The van der Waals surface area contributed by atoms with Crippen LogP contribution in [0.4, 0.5) is 0 Å². The Bertz CT molecular complexity index is 288. The number of carbonyl (C=O) groups excluding carboxylic acids is 1. The standard InChI is InChI=1S/C15H34N2O4Si/c1-6-11-14(15(16)18)13-17(12-7-2)22(19-8-3,20-9-4)21-10-5/h14H,6-13H2,1-5H3,(H2,16,18). The molecule has 6 nitrogen and oxygen atoms in total. The molecule has 0 aromatic carbocycles. The highest BCUT2D eigenvalue weighted by Crippen LogP contribution is 2.20. The highest BCUT2D eigenvalue weighted by Gasteiger charge is 2.49. The molecule has 1 atom stereocenters. The van der Waals surface area contributed by atoms with Crippen LogP contribution in [-0.2, 0) is 18.1 Å². The summed E-state index contributed by atoms with van der Waals surface area (Å²) in [6.07, 6.45) is 2.62. The molecule has 0 saturated carbocycles. The average molecular weight is 335 g/mol. The molecule has 0 radical (unpaired) electrons. The number of hydrogen-bond donors (Lipinski definition) is 1. The molecule has 0 aliphatic heterocycles. The van der Waals surface area contributed by atoms with E-state index in [1.54, 1.807) is 0 Å². The summed E-state index contributed by atoms with van der Waals surface area (Å²) in [5.41, 5.74) is 5.56. The van der Waals surface area contributed by atoms with Crippen molar-refractivity contribution < 1.29 is 18.1 Å². The Hall–Kier alpha value is -0.473. The topological polar surface area (TPSA) is 74.0 Å². The SMILES string of the molecule is CCCC(CN(CCC)[Si](OCC)(OCC)OCC)C(N)=O. The summed E-state index contributed by atoms with van der Waals surface area (Å²) in [4.78, 5) is 11.7. The van der Waals surface area contributed by atoms with Gasteiger partial charge in [0.05, 0.1) is 0 Å². The van der Waals surface area contributed by atoms with Gasteiger partial charge >= 0.3 is 8.97 Å². The van der Waals surface area contributed by atoms with Crippen molar-refractivity contribution in [1.82, 2.24) is 4.57 Å². The maximum atomic E-state index is 11.7. The summed E-state index contributed by atoms with van der Waals surface area (Å²) in [5.74, 6) is -0.472. The van der Waals surface area contributed by atoms with Crippen LogP contribution >= 0.6 is 0 Å². The molecule has 0 aromatic rings. The largest absolute Gasteiger partial charge is 0.599 e. The van der Waals surface area contributed by atoms with Gasteiger partial charge in [-0.05, 0) is 40.2 Å². The molecular formula is C15H34N2O4Si.